The standard InChI is InChI=1S/C14H23NO3/c1-14(2,7-8-18-3)10-15-9-11-5-4-6-12(16)13(11)17/h4-6,15-17H,7-10H2,1-3H3. The quantitative estimate of drug-likeness (QED) is 0.652. The van der Waals surface area contributed by atoms with Crippen molar-refractivity contribution in [3.8, 4) is 11.5 Å². The predicted molar refractivity (Wildman–Crippen MR) is 71.8 cm³/mol. The van der Waals surface area contributed by atoms with Crippen LogP contribution in [0.2, 0.25) is 0 Å². The summed E-state index contributed by atoms with van der Waals surface area (Å²) in [5.74, 6) is -0.118. The number of aromatic hydroxyl groups is 2. The molecule has 0 heterocycles. The van der Waals surface area contributed by atoms with Crippen molar-refractivity contribution in [2.24, 2.45) is 5.41 Å². The molecule has 0 atom stereocenters. The van der Waals surface area contributed by atoms with Gasteiger partial charge in [-0.15, -0.1) is 0 Å². The molecule has 0 fully saturated rings. The van der Waals surface area contributed by atoms with E-state index in [0.717, 1.165) is 19.6 Å². The fourth-order valence-corrected chi connectivity index (χ4v) is 1.72. The molecule has 0 aliphatic heterocycles. The van der Waals surface area contributed by atoms with Crippen molar-refractivity contribution in [1.29, 1.82) is 0 Å². The molecule has 18 heavy (non-hydrogen) atoms. The van der Waals surface area contributed by atoms with Gasteiger partial charge in [0.15, 0.2) is 11.5 Å². The van der Waals surface area contributed by atoms with E-state index in [1.807, 2.05) is 0 Å². The second-order valence-corrected chi connectivity index (χ2v) is 5.30. The molecule has 0 radical (unpaired) electrons. The lowest BCUT2D eigenvalue weighted by Gasteiger charge is -2.24. The number of benzene rings is 1. The Kier molecular flexibility index (Phi) is 5.44. The summed E-state index contributed by atoms with van der Waals surface area (Å²) >= 11 is 0. The Morgan fingerprint density at radius 3 is 2.67 bits per heavy atom. The molecule has 0 aliphatic rings. The number of ether oxygens (including phenoxy) is 1. The highest BCUT2D eigenvalue weighted by atomic mass is 16.5. The molecule has 0 spiro atoms. The van der Waals surface area contributed by atoms with Crippen molar-refractivity contribution < 1.29 is 14.9 Å². The van der Waals surface area contributed by atoms with Gasteiger partial charge in [-0.3, -0.25) is 0 Å². The van der Waals surface area contributed by atoms with Crippen LogP contribution in [0.5, 0.6) is 11.5 Å². The summed E-state index contributed by atoms with van der Waals surface area (Å²) in [6.07, 6.45) is 0.975. The molecule has 3 N–H and O–H groups in total. The summed E-state index contributed by atoms with van der Waals surface area (Å²) in [5, 5.41) is 22.3. The van der Waals surface area contributed by atoms with Gasteiger partial charge in [0.2, 0.25) is 0 Å². The lowest BCUT2D eigenvalue weighted by Crippen LogP contribution is -2.30. The summed E-state index contributed by atoms with van der Waals surface area (Å²) in [5.41, 5.74) is 0.847. The van der Waals surface area contributed by atoms with E-state index in [-0.39, 0.29) is 16.9 Å². The van der Waals surface area contributed by atoms with Crippen LogP contribution in [0.3, 0.4) is 0 Å². The molecule has 0 saturated heterocycles. The molecule has 4 heteroatoms. The molecule has 1 rings (SSSR count). The van der Waals surface area contributed by atoms with Gasteiger partial charge < -0.3 is 20.3 Å². The number of rotatable bonds is 7. The molecule has 0 aliphatic carbocycles. The highest BCUT2D eigenvalue weighted by molar-refractivity contribution is 5.44. The number of para-hydroxylation sites is 1. The van der Waals surface area contributed by atoms with E-state index in [2.05, 4.69) is 19.2 Å². The minimum Gasteiger partial charge on any atom is -0.504 e. The van der Waals surface area contributed by atoms with E-state index in [0.29, 0.717) is 12.1 Å². The zero-order valence-corrected chi connectivity index (χ0v) is 11.4. The fourth-order valence-electron chi connectivity index (χ4n) is 1.72. The highest BCUT2D eigenvalue weighted by Gasteiger charge is 2.17. The Bertz CT molecular complexity index is 377. The number of hydrogen-bond acceptors (Lipinski definition) is 4. The van der Waals surface area contributed by atoms with E-state index in [9.17, 15) is 10.2 Å². The van der Waals surface area contributed by atoms with Crippen molar-refractivity contribution in [2.75, 3.05) is 20.3 Å². The Labute approximate surface area is 109 Å². The first-order valence-electron chi connectivity index (χ1n) is 6.16. The topological polar surface area (TPSA) is 61.7 Å². The van der Waals surface area contributed by atoms with Gasteiger partial charge in [0.05, 0.1) is 0 Å². The highest BCUT2D eigenvalue weighted by Crippen LogP contribution is 2.28. The van der Waals surface area contributed by atoms with E-state index in [1.54, 1.807) is 19.2 Å². The molecular weight excluding hydrogens is 230 g/mol. The molecule has 0 aromatic heterocycles. The first kappa shape index (κ1) is 14.8. The van der Waals surface area contributed by atoms with Gasteiger partial charge in [-0.2, -0.15) is 0 Å². The number of methoxy groups -OCH3 is 1. The Morgan fingerprint density at radius 1 is 1.28 bits per heavy atom. The lowest BCUT2D eigenvalue weighted by molar-refractivity contribution is 0.150. The SMILES string of the molecule is COCCC(C)(C)CNCc1cccc(O)c1O. The number of phenolic OH excluding ortho intramolecular Hbond substituents is 2. The van der Waals surface area contributed by atoms with Crippen LogP contribution in [-0.4, -0.2) is 30.5 Å². The van der Waals surface area contributed by atoms with Crippen LogP contribution in [0.25, 0.3) is 0 Å². The van der Waals surface area contributed by atoms with Crippen LogP contribution in [0.15, 0.2) is 18.2 Å². The molecule has 0 amide bonds. The summed E-state index contributed by atoms with van der Waals surface area (Å²) in [6.45, 7) is 6.44. The number of nitrogens with one attached hydrogen (secondary N) is 1. The summed E-state index contributed by atoms with van der Waals surface area (Å²) < 4.78 is 5.08. The van der Waals surface area contributed by atoms with E-state index >= 15 is 0 Å². The van der Waals surface area contributed by atoms with Crippen molar-refractivity contribution in [2.45, 2.75) is 26.8 Å². The molecule has 1 aromatic rings. The molecular formula is C14H23NO3. The van der Waals surface area contributed by atoms with Crippen LogP contribution < -0.4 is 5.32 Å². The van der Waals surface area contributed by atoms with Crippen molar-refractivity contribution in [3.05, 3.63) is 23.8 Å². The Morgan fingerprint density at radius 2 is 2.00 bits per heavy atom. The average Bonchev–Trinajstić information content (AvgIpc) is 2.32. The summed E-state index contributed by atoms with van der Waals surface area (Å²) in [4.78, 5) is 0. The molecule has 102 valence electrons. The minimum atomic E-state index is -0.0760. The first-order valence-corrected chi connectivity index (χ1v) is 6.16. The van der Waals surface area contributed by atoms with Crippen molar-refractivity contribution in [3.63, 3.8) is 0 Å². The van der Waals surface area contributed by atoms with E-state index in [4.69, 9.17) is 4.74 Å². The third-order valence-corrected chi connectivity index (χ3v) is 3.00. The predicted octanol–water partition coefficient (Wildman–Crippen LogP) is 2.25. The largest absolute Gasteiger partial charge is 0.504 e. The Hall–Kier alpha value is -1.26. The number of phenols is 2. The van der Waals surface area contributed by atoms with Gasteiger partial charge in [0.25, 0.3) is 0 Å². The zero-order valence-electron chi connectivity index (χ0n) is 11.4. The van der Waals surface area contributed by atoms with Crippen LogP contribution >= 0.6 is 0 Å². The monoisotopic (exact) mass is 253 g/mol. The summed E-state index contributed by atoms with van der Waals surface area (Å²) in [7, 11) is 1.70. The average molecular weight is 253 g/mol. The maximum Gasteiger partial charge on any atom is 0.161 e. The van der Waals surface area contributed by atoms with Gasteiger partial charge in [-0.25, -0.2) is 0 Å². The summed E-state index contributed by atoms with van der Waals surface area (Å²) in [6, 6.07) is 4.99. The smallest absolute Gasteiger partial charge is 0.161 e. The van der Waals surface area contributed by atoms with Gasteiger partial charge in [-0.05, 0) is 17.9 Å². The van der Waals surface area contributed by atoms with Crippen molar-refractivity contribution in [1.82, 2.24) is 5.32 Å². The first-order chi connectivity index (χ1) is 8.46. The van der Waals surface area contributed by atoms with Crippen LogP contribution in [0.1, 0.15) is 25.8 Å². The second-order valence-electron chi connectivity index (χ2n) is 5.30. The third kappa shape index (κ3) is 4.55. The molecule has 4 nitrogen and oxygen atoms in total. The van der Waals surface area contributed by atoms with Crippen LogP contribution in [0, 0.1) is 5.41 Å². The van der Waals surface area contributed by atoms with Crippen molar-refractivity contribution >= 4 is 0 Å². The van der Waals surface area contributed by atoms with Gasteiger partial charge in [0.1, 0.15) is 0 Å². The fraction of sp³-hybridized carbons (Fsp3) is 0.571. The molecule has 0 unspecified atom stereocenters. The third-order valence-electron chi connectivity index (χ3n) is 3.00. The molecule has 0 bridgehead atoms. The van der Waals surface area contributed by atoms with Gasteiger partial charge in [-0.1, -0.05) is 26.0 Å². The zero-order chi connectivity index (χ0) is 13.6. The Balaban J connectivity index is 2.44. The van der Waals surface area contributed by atoms with Crippen LogP contribution in [0.4, 0.5) is 0 Å². The minimum absolute atomic E-state index is 0.0419. The molecule has 1 aromatic carbocycles. The van der Waals surface area contributed by atoms with E-state index < -0.39 is 0 Å². The van der Waals surface area contributed by atoms with Gasteiger partial charge >= 0.3 is 0 Å². The number of hydrogen-bond donors (Lipinski definition) is 3. The molecule has 0 saturated carbocycles. The maximum atomic E-state index is 9.66. The maximum absolute atomic E-state index is 9.66. The normalized spacial score (nSPS) is 11.7. The lowest BCUT2D eigenvalue weighted by atomic mass is 9.89. The van der Waals surface area contributed by atoms with Gasteiger partial charge in [0, 0.05) is 32.4 Å². The van der Waals surface area contributed by atoms with Crippen LogP contribution in [-0.2, 0) is 11.3 Å². The second kappa shape index (κ2) is 6.61. The van der Waals surface area contributed by atoms with E-state index in [1.165, 1.54) is 6.07 Å².